The lowest BCUT2D eigenvalue weighted by molar-refractivity contribution is -0.148. The van der Waals surface area contributed by atoms with E-state index in [0.717, 1.165) is 12.7 Å². The van der Waals surface area contributed by atoms with Crippen molar-refractivity contribution in [2.24, 2.45) is 0 Å². The number of hydrogen-bond donors (Lipinski definition) is 2. The van der Waals surface area contributed by atoms with Crippen molar-refractivity contribution < 1.29 is 38.1 Å². The van der Waals surface area contributed by atoms with Crippen LogP contribution in [0.25, 0.3) is 0 Å². The van der Waals surface area contributed by atoms with Crippen LogP contribution in [-0.4, -0.2) is 55.0 Å². The molecule has 2 amide bonds. The van der Waals surface area contributed by atoms with Crippen LogP contribution in [0, 0.1) is 0 Å². The van der Waals surface area contributed by atoms with E-state index in [9.17, 15) is 19.2 Å². The second kappa shape index (κ2) is 11.8. The Hall–Kier alpha value is -3.30. The van der Waals surface area contributed by atoms with E-state index in [-0.39, 0.29) is 6.61 Å². The molecule has 31 heavy (non-hydrogen) atoms. The first-order chi connectivity index (χ1) is 14.4. The second-order valence-corrected chi connectivity index (χ2v) is 7.72. The van der Waals surface area contributed by atoms with Gasteiger partial charge in [-0.25, -0.2) is 14.4 Å². The SMILES string of the molecule is COC(=O)[C@@H](NC(=O)[C@H](C)NC(=O)OC(C)(C)C)[C@@H](C)OC(=O)OCc1ccccc1. The van der Waals surface area contributed by atoms with E-state index in [4.69, 9.17) is 14.2 Å². The molecular formula is C21H30N2O8. The standard InChI is InChI=1S/C21H30N2O8/c1-13(22-19(26)31-21(3,4)5)17(24)23-16(18(25)28-6)14(2)30-20(27)29-12-15-10-8-7-9-11-15/h7-11,13-14,16H,12H2,1-6H3,(H,22,26)(H,23,24)/t13-,14+,16-/m0/s1. The van der Waals surface area contributed by atoms with Gasteiger partial charge in [-0.15, -0.1) is 0 Å². The largest absolute Gasteiger partial charge is 0.508 e. The number of methoxy groups -OCH3 is 1. The monoisotopic (exact) mass is 438 g/mol. The van der Waals surface area contributed by atoms with E-state index >= 15 is 0 Å². The van der Waals surface area contributed by atoms with Crippen molar-refractivity contribution >= 4 is 24.1 Å². The molecule has 172 valence electrons. The third kappa shape index (κ3) is 9.83. The maximum Gasteiger partial charge on any atom is 0.508 e. The van der Waals surface area contributed by atoms with Crippen molar-refractivity contribution in [2.45, 2.75) is 65.0 Å². The summed E-state index contributed by atoms with van der Waals surface area (Å²) in [5, 5.41) is 4.76. The van der Waals surface area contributed by atoms with E-state index in [0.29, 0.717) is 0 Å². The number of hydrogen-bond acceptors (Lipinski definition) is 8. The molecule has 0 spiro atoms. The number of rotatable bonds is 8. The van der Waals surface area contributed by atoms with Gasteiger partial charge in [0.2, 0.25) is 5.91 Å². The van der Waals surface area contributed by atoms with Crippen molar-refractivity contribution in [2.75, 3.05) is 7.11 Å². The number of benzene rings is 1. The van der Waals surface area contributed by atoms with Crippen LogP contribution in [0.1, 0.15) is 40.2 Å². The van der Waals surface area contributed by atoms with Crippen molar-refractivity contribution in [1.29, 1.82) is 0 Å². The van der Waals surface area contributed by atoms with Gasteiger partial charge >= 0.3 is 18.2 Å². The lowest BCUT2D eigenvalue weighted by atomic mass is 10.1. The highest BCUT2D eigenvalue weighted by Crippen LogP contribution is 2.08. The van der Waals surface area contributed by atoms with Crippen LogP contribution in [0.5, 0.6) is 0 Å². The summed E-state index contributed by atoms with van der Waals surface area (Å²) in [4.78, 5) is 48.3. The molecule has 0 bridgehead atoms. The molecule has 0 fully saturated rings. The number of ether oxygens (including phenoxy) is 4. The molecule has 10 heteroatoms. The quantitative estimate of drug-likeness (QED) is 0.467. The Morgan fingerprint density at radius 1 is 1.00 bits per heavy atom. The number of alkyl carbamates (subject to hydrolysis) is 1. The zero-order valence-electron chi connectivity index (χ0n) is 18.6. The number of carbonyl (C=O) groups excluding carboxylic acids is 4. The maximum absolute atomic E-state index is 12.4. The first kappa shape index (κ1) is 25.7. The summed E-state index contributed by atoms with van der Waals surface area (Å²) in [5.41, 5.74) is 0.0177. The smallest absolute Gasteiger partial charge is 0.467 e. The number of amides is 2. The molecule has 0 aliphatic rings. The molecule has 0 radical (unpaired) electrons. The fourth-order valence-electron chi connectivity index (χ4n) is 2.29. The summed E-state index contributed by atoms with van der Waals surface area (Å²) in [6, 6.07) is 6.61. The minimum atomic E-state index is -1.32. The Labute approximate surface area is 181 Å². The van der Waals surface area contributed by atoms with Gasteiger partial charge in [-0.05, 0) is 40.2 Å². The first-order valence-corrected chi connectivity index (χ1v) is 9.68. The molecule has 1 aromatic carbocycles. The summed E-state index contributed by atoms with van der Waals surface area (Å²) in [6.45, 7) is 7.84. The molecule has 1 rings (SSSR count). The average Bonchev–Trinajstić information content (AvgIpc) is 2.68. The highest BCUT2D eigenvalue weighted by molar-refractivity contribution is 5.89. The molecule has 3 atom stereocenters. The topological polar surface area (TPSA) is 129 Å². The van der Waals surface area contributed by atoms with Crippen LogP contribution in [0.2, 0.25) is 0 Å². The number of carbonyl (C=O) groups is 4. The highest BCUT2D eigenvalue weighted by atomic mass is 16.7. The Balaban J connectivity index is 2.65. The molecule has 1 aromatic rings. The van der Waals surface area contributed by atoms with Crippen LogP contribution in [0.15, 0.2) is 30.3 Å². The van der Waals surface area contributed by atoms with E-state index < -0.39 is 47.9 Å². The Morgan fingerprint density at radius 2 is 1.61 bits per heavy atom. The van der Waals surface area contributed by atoms with Gasteiger partial charge in [-0.3, -0.25) is 4.79 Å². The predicted molar refractivity (Wildman–Crippen MR) is 110 cm³/mol. The minimum absolute atomic E-state index is 0.0154. The van der Waals surface area contributed by atoms with Gasteiger partial charge in [0.15, 0.2) is 6.04 Å². The number of nitrogens with one attached hydrogen (secondary N) is 2. The lowest BCUT2D eigenvalue weighted by Gasteiger charge is -2.25. The zero-order valence-corrected chi connectivity index (χ0v) is 18.6. The minimum Gasteiger partial charge on any atom is -0.467 e. The van der Waals surface area contributed by atoms with Crippen LogP contribution in [0.3, 0.4) is 0 Å². The van der Waals surface area contributed by atoms with Gasteiger partial charge in [0.1, 0.15) is 24.4 Å². The van der Waals surface area contributed by atoms with Gasteiger partial charge in [0.05, 0.1) is 7.11 Å². The Bertz CT molecular complexity index is 760. The van der Waals surface area contributed by atoms with E-state index in [2.05, 4.69) is 15.4 Å². The lowest BCUT2D eigenvalue weighted by Crippen LogP contribution is -2.55. The highest BCUT2D eigenvalue weighted by Gasteiger charge is 2.33. The molecule has 0 aliphatic heterocycles. The van der Waals surface area contributed by atoms with Gasteiger partial charge in [-0.1, -0.05) is 30.3 Å². The zero-order chi connectivity index (χ0) is 23.6. The van der Waals surface area contributed by atoms with Crippen LogP contribution >= 0.6 is 0 Å². The van der Waals surface area contributed by atoms with E-state index in [1.807, 2.05) is 6.07 Å². The molecule has 0 heterocycles. The van der Waals surface area contributed by atoms with Crippen molar-refractivity contribution in [3.63, 3.8) is 0 Å². The first-order valence-electron chi connectivity index (χ1n) is 9.68. The fraction of sp³-hybridized carbons (Fsp3) is 0.524. The summed E-state index contributed by atoms with van der Waals surface area (Å²) in [7, 11) is 1.13. The summed E-state index contributed by atoms with van der Waals surface area (Å²) < 4.78 is 19.9. The van der Waals surface area contributed by atoms with Crippen LogP contribution in [0.4, 0.5) is 9.59 Å². The Morgan fingerprint density at radius 3 is 2.16 bits per heavy atom. The fourth-order valence-corrected chi connectivity index (χ4v) is 2.29. The van der Waals surface area contributed by atoms with Crippen LogP contribution in [-0.2, 0) is 35.1 Å². The van der Waals surface area contributed by atoms with Crippen molar-refractivity contribution in [1.82, 2.24) is 10.6 Å². The Kier molecular flexibility index (Phi) is 9.78. The molecule has 0 unspecified atom stereocenters. The summed E-state index contributed by atoms with van der Waals surface area (Å²) in [6.07, 6.45) is -2.91. The summed E-state index contributed by atoms with van der Waals surface area (Å²) in [5.74, 6) is -1.53. The van der Waals surface area contributed by atoms with Crippen molar-refractivity contribution in [3.05, 3.63) is 35.9 Å². The van der Waals surface area contributed by atoms with Crippen molar-refractivity contribution in [3.8, 4) is 0 Å². The molecule has 10 nitrogen and oxygen atoms in total. The van der Waals surface area contributed by atoms with E-state index in [1.165, 1.54) is 13.8 Å². The molecule has 0 saturated carbocycles. The van der Waals surface area contributed by atoms with E-state index in [1.54, 1.807) is 45.0 Å². The third-order valence-electron chi connectivity index (χ3n) is 3.83. The molecule has 2 N–H and O–H groups in total. The molecular weight excluding hydrogens is 408 g/mol. The predicted octanol–water partition coefficient (Wildman–Crippen LogP) is 2.30. The maximum atomic E-state index is 12.4. The molecule has 0 aliphatic carbocycles. The van der Waals surface area contributed by atoms with Gasteiger partial charge < -0.3 is 29.6 Å². The van der Waals surface area contributed by atoms with Gasteiger partial charge in [0.25, 0.3) is 0 Å². The third-order valence-corrected chi connectivity index (χ3v) is 3.83. The van der Waals surface area contributed by atoms with Gasteiger partial charge in [0, 0.05) is 0 Å². The summed E-state index contributed by atoms with van der Waals surface area (Å²) >= 11 is 0. The van der Waals surface area contributed by atoms with Gasteiger partial charge in [-0.2, -0.15) is 0 Å². The normalized spacial score (nSPS) is 13.7. The second-order valence-electron chi connectivity index (χ2n) is 7.72. The van der Waals surface area contributed by atoms with Crippen LogP contribution < -0.4 is 10.6 Å². The molecule has 0 saturated heterocycles. The number of esters is 1. The molecule has 0 aromatic heterocycles. The average molecular weight is 438 g/mol.